The standard InChI is InChI=1S/C9H11NO3S/c1-5-7(9(11)12)14-8(10-5)6-3-2-4-13-6/h6H,2-4H2,1H3,(H,11,12)/t6-/m0/s1. The molecule has 0 saturated carbocycles. The molecule has 1 saturated heterocycles. The van der Waals surface area contributed by atoms with Gasteiger partial charge in [-0.2, -0.15) is 0 Å². The summed E-state index contributed by atoms with van der Waals surface area (Å²) < 4.78 is 5.44. The van der Waals surface area contributed by atoms with Crippen molar-refractivity contribution in [3.8, 4) is 0 Å². The molecule has 5 heteroatoms. The van der Waals surface area contributed by atoms with Gasteiger partial charge in [0.25, 0.3) is 0 Å². The smallest absolute Gasteiger partial charge is 0.347 e. The highest BCUT2D eigenvalue weighted by atomic mass is 32.1. The van der Waals surface area contributed by atoms with Crippen LogP contribution in [0.5, 0.6) is 0 Å². The molecule has 0 spiro atoms. The third-order valence-corrected chi connectivity index (χ3v) is 3.45. The predicted molar refractivity (Wildman–Crippen MR) is 51.7 cm³/mol. The monoisotopic (exact) mass is 213 g/mol. The number of carbonyl (C=O) groups is 1. The second-order valence-corrected chi connectivity index (χ2v) is 4.30. The van der Waals surface area contributed by atoms with E-state index in [2.05, 4.69) is 4.98 Å². The minimum atomic E-state index is -0.899. The maximum Gasteiger partial charge on any atom is 0.347 e. The molecule has 1 fully saturated rings. The molecule has 0 unspecified atom stereocenters. The molecule has 2 heterocycles. The van der Waals surface area contributed by atoms with Gasteiger partial charge in [0.15, 0.2) is 0 Å². The maximum atomic E-state index is 10.8. The summed E-state index contributed by atoms with van der Waals surface area (Å²) in [4.78, 5) is 15.3. The molecular weight excluding hydrogens is 202 g/mol. The average Bonchev–Trinajstić information content (AvgIpc) is 2.70. The number of carboxylic acid groups (broad SMARTS) is 1. The van der Waals surface area contributed by atoms with Crippen molar-refractivity contribution in [3.05, 3.63) is 15.6 Å². The molecule has 0 aromatic carbocycles. The van der Waals surface area contributed by atoms with Crippen molar-refractivity contribution < 1.29 is 14.6 Å². The maximum absolute atomic E-state index is 10.8. The number of aromatic carboxylic acids is 1. The summed E-state index contributed by atoms with van der Waals surface area (Å²) in [6.45, 7) is 2.48. The molecule has 1 atom stereocenters. The lowest BCUT2D eigenvalue weighted by atomic mass is 10.2. The van der Waals surface area contributed by atoms with Gasteiger partial charge in [0.05, 0.1) is 5.69 Å². The first-order valence-electron chi connectivity index (χ1n) is 4.50. The molecule has 1 aromatic rings. The van der Waals surface area contributed by atoms with E-state index in [1.807, 2.05) is 0 Å². The Bertz CT molecular complexity index is 355. The predicted octanol–water partition coefficient (Wildman–Crippen LogP) is 2.00. The van der Waals surface area contributed by atoms with Crippen molar-refractivity contribution in [2.45, 2.75) is 25.9 Å². The molecule has 4 nitrogen and oxygen atoms in total. The van der Waals surface area contributed by atoms with Crippen LogP contribution >= 0.6 is 11.3 Å². The molecule has 76 valence electrons. The SMILES string of the molecule is Cc1nc([C@@H]2CCCO2)sc1C(=O)O. The Balaban J connectivity index is 2.27. The Hall–Kier alpha value is -0.940. The fourth-order valence-electron chi connectivity index (χ4n) is 1.53. The van der Waals surface area contributed by atoms with Crippen LogP contribution in [0.3, 0.4) is 0 Å². The van der Waals surface area contributed by atoms with E-state index in [9.17, 15) is 4.79 Å². The zero-order chi connectivity index (χ0) is 10.1. The summed E-state index contributed by atoms with van der Waals surface area (Å²) in [5.74, 6) is -0.899. The average molecular weight is 213 g/mol. The van der Waals surface area contributed by atoms with Crippen molar-refractivity contribution in [3.63, 3.8) is 0 Å². The minimum absolute atomic E-state index is 0.0202. The Morgan fingerprint density at radius 2 is 2.50 bits per heavy atom. The first-order chi connectivity index (χ1) is 6.68. The van der Waals surface area contributed by atoms with Gasteiger partial charge in [-0.25, -0.2) is 9.78 Å². The van der Waals surface area contributed by atoms with Crippen LogP contribution in [0, 0.1) is 6.92 Å². The largest absolute Gasteiger partial charge is 0.477 e. The van der Waals surface area contributed by atoms with Crippen LogP contribution in [-0.2, 0) is 4.74 Å². The van der Waals surface area contributed by atoms with Crippen LogP contribution in [0.4, 0.5) is 0 Å². The Morgan fingerprint density at radius 3 is 3.00 bits per heavy atom. The van der Waals surface area contributed by atoms with Gasteiger partial charge in [0.1, 0.15) is 16.0 Å². The quantitative estimate of drug-likeness (QED) is 0.816. The zero-order valence-electron chi connectivity index (χ0n) is 7.82. The molecule has 0 radical (unpaired) electrons. The molecule has 0 bridgehead atoms. The highest BCUT2D eigenvalue weighted by Gasteiger charge is 2.24. The fraction of sp³-hybridized carbons (Fsp3) is 0.556. The van der Waals surface area contributed by atoms with Gasteiger partial charge in [-0.15, -0.1) is 11.3 Å². The van der Waals surface area contributed by atoms with Crippen LogP contribution < -0.4 is 0 Å². The highest BCUT2D eigenvalue weighted by molar-refractivity contribution is 7.13. The second-order valence-electron chi connectivity index (χ2n) is 3.27. The zero-order valence-corrected chi connectivity index (χ0v) is 8.63. The molecule has 1 aliphatic heterocycles. The number of carboxylic acids is 1. The molecule has 2 rings (SSSR count). The molecule has 0 amide bonds. The molecular formula is C9H11NO3S. The summed E-state index contributed by atoms with van der Waals surface area (Å²) in [7, 11) is 0. The van der Waals surface area contributed by atoms with Crippen molar-refractivity contribution in [1.29, 1.82) is 0 Å². The highest BCUT2D eigenvalue weighted by Crippen LogP contribution is 2.32. The Kier molecular flexibility index (Phi) is 2.52. The van der Waals surface area contributed by atoms with Crippen LogP contribution in [0.1, 0.15) is 39.3 Å². The molecule has 1 aliphatic rings. The third-order valence-electron chi connectivity index (χ3n) is 2.21. The number of aromatic nitrogens is 1. The Morgan fingerprint density at radius 1 is 1.71 bits per heavy atom. The summed E-state index contributed by atoms with van der Waals surface area (Å²) in [6, 6.07) is 0. The van der Waals surface area contributed by atoms with Crippen LogP contribution in [0.2, 0.25) is 0 Å². The lowest BCUT2D eigenvalue weighted by molar-refractivity contribution is 0.0701. The summed E-state index contributed by atoms with van der Waals surface area (Å²) in [5.41, 5.74) is 0.591. The molecule has 14 heavy (non-hydrogen) atoms. The van der Waals surface area contributed by atoms with Gasteiger partial charge in [-0.3, -0.25) is 0 Å². The topological polar surface area (TPSA) is 59.4 Å². The van der Waals surface area contributed by atoms with Crippen LogP contribution in [0.25, 0.3) is 0 Å². The Labute approximate surface area is 85.5 Å². The first-order valence-corrected chi connectivity index (χ1v) is 5.32. The molecule has 1 aromatic heterocycles. The number of hydrogen-bond donors (Lipinski definition) is 1. The van der Waals surface area contributed by atoms with Gasteiger partial charge >= 0.3 is 5.97 Å². The van der Waals surface area contributed by atoms with Crippen molar-refractivity contribution in [2.24, 2.45) is 0 Å². The lowest BCUT2D eigenvalue weighted by Crippen LogP contribution is -1.94. The number of aryl methyl sites for hydroxylation is 1. The number of thiazole rings is 1. The third kappa shape index (κ3) is 1.65. The van der Waals surface area contributed by atoms with Crippen molar-refractivity contribution >= 4 is 17.3 Å². The van der Waals surface area contributed by atoms with Crippen molar-refractivity contribution in [2.75, 3.05) is 6.61 Å². The fourth-order valence-corrected chi connectivity index (χ4v) is 2.52. The summed E-state index contributed by atoms with van der Waals surface area (Å²) in [5, 5.41) is 9.65. The number of nitrogens with zero attached hydrogens (tertiary/aromatic N) is 1. The van der Waals surface area contributed by atoms with E-state index in [1.54, 1.807) is 6.92 Å². The normalized spacial score (nSPS) is 21.4. The number of ether oxygens (including phenoxy) is 1. The van der Waals surface area contributed by atoms with E-state index in [0.717, 1.165) is 24.5 Å². The van der Waals surface area contributed by atoms with Gasteiger partial charge in [0, 0.05) is 6.61 Å². The van der Waals surface area contributed by atoms with E-state index < -0.39 is 5.97 Å². The van der Waals surface area contributed by atoms with E-state index in [1.165, 1.54) is 11.3 Å². The number of hydrogen-bond acceptors (Lipinski definition) is 4. The van der Waals surface area contributed by atoms with Gasteiger partial charge in [0.2, 0.25) is 0 Å². The molecule has 0 aliphatic carbocycles. The van der Waals surface area contributed by atoms with E-state index >= 15 is 0 Å². The van der Waals surface area contributed by atoms with Gasteiger partial charge in [-0.05, 0) is 19.8 Å². The first kappa shape index (κ1) is 9.61. The van der Waals surface area contributed by atoms with Crippen LogP contribution in [0.15, 0.2) is 0 Å². The minimum Gasteiger partial charge on any atom is -0.477 e. The van der Waals surface area contributed by atoms with Crippen LogP contribution in [-0.4, -0.2) is 22.7 Å². The molecule has 1 N–H and O–H groups in total. The van der Waals surface area contributed by atoms with E-state index in [-0.39, 0.29) is 6.10 Å². The second kappa shape index (κ2) is 3.67. The summed E-state index contributed by atoms with van der Waals surface area (Å²) in [6.07, 6.45) is 2.00. The summed E-state index contributed by atoms with van der Waals surface area (Å²) >= 11 is 1.23. The van der Waals surface area contributed by atoms with Gasteiger partial charge < -0.3 is 9.84 Å². The van der Waals surface area contributed by atoms with E-state index in [0.29, 0.717) is 10.6 Å². The lowest BCUT2D eigenvalue weighted by Gasteiger charge is -2.02. The van der Waals surface area contributed by atoms with Gasteiger partial charge in [-0.1, -0.05) is 0 Å². The van der Waals surface area contributed by atoms with Crippen molar-refractivity contribution in [1.82, 2.24) is 4.98 Å². The van der Waals surface area contributed by atoms with E-state index in [4.69, 9.17) is 9.84 Å². The number of rotatable bonds is 2.